The topological polar surface area (TPSA) is 37.3 Å². The Bertz CT molecular complexity index is 262. The first kappa shape index (κ1) is 7.80. The maximum atomic E-state index is 10.5. The van der Waals surface area contributed by atoms with Gasteiger partial charge in [-0.2, -0.15) is 0 Å². The third kappa shape index (κ3) is 1.60. The van der Waals surface area contributed by atoms with Gasteiger partial charge in [-0.15, -0.1) is 0 Å². The fraction of sp³-hybridized carbons (Fsp3) is 0. The van der Waals surface area contributed by atoms with Crippen molar-refractivity contribution in [3.05, 3.63) is 29.3 Å². The Kier molecular flexibility index (Phi) is 2.50. The molecule has 0 heterocycles. The Hall–Kier alpha value is -0.300. The van der Waals surface area contributed by atoms with E-state index in [2.05, 4.69) is 0 Å². The monoisotopic (exact) mass is 176 g/mol. The van der Waals surface area contributed by atoms with E-state index in [1.165, 1.54) is 0 Å². The zero-order valence-corrected chi connectivity index (χ0v) is 6.80. The Morgan fingerprint density at radius 3 is 2.40 bits per heavy atom. The van der Waals surface area contributed by atoms with Gasteiger partial charge in [0.25, 0.3) is 0 Å². The Balaban J connectivity index is 3.15. The Morgan fingerprint density at radius 1 is 1.40 bits per heavy atom. The molecule has 10 heavy (non-hydrogen) atoms. The van der Waals surface area contributed by atoms with E-state index in [0.717, 1.165) is 0 Å². The van der Waals surface area contributed by atoms with Crippen molar-refractivity contribution in [1.29, 1.82) is 0 Å². The molecule has 1 atom stereocenters. The van der Waals surface area contributed by atoms with Crippen LogP contribution in [-0.2, 0) is 4.57 Å². The van der Waals surface area contributed by atoms with E-state index in [-0.39, 0.29) is 0 Å². The molecular formula is C6H6ClO2P. The average molecular weight is 177 g/mol. The second kappa shape index (κ2) is 3.20. The summed E-state index contributed by atoms with van der Waals surface area (Å²) >= 11 is 5.58. The quantitative estimate of drug-likeness (QED) is 0.658. The van der Waals surface area contributed by atoms with Gasteiger partial charge < -0.3 is 4.89 Å². The molecule has 0 saturated carbocycles. The van der Waals surface area contributed by atoms with Crippen LogP contribution in [0.4, 0.5) is 0 Å². The molecule has 0 spiro atoms. The predicted molar refractivity (Wildman–Crippen MR) is 42.3 cm³/mol. The zero-order valence-electron chi connectivity index (χ0n) is 5.04. The molecule has 2 nitrogen and oxygen atoms in total. The van der Waals surface area contributed by atoms with Gasteiger partial charge in [-0.3, -0.25) is 4.57 Å². The van der Waals surface area contributed by atoms with Crippen molar-refractivity contribution in [2.45, 2.75) is 0 Å². The fourth-order valence-electron chi connectivity index (χ4n) is 0.635. The first-order chi connectivity index (χ1) is 4.72. The molecule has 1 unspecified atom stereocenters. The number of hydrogen-bond donors (Lipinski definition) is 1. The zero-order chi connectivity index (χ0) is 7.56. The highest BCUT2D eigenvalue weighted by atomic mass is 35.5. The van der Waals surface area contributed by atoms with Crippen molar-refractivity contribution >= 4 is 24.9 Å². The molecule has 4 heteroatoms. The van der Waals surface area contributed by atoms with Gasteiger partial charge in [0.15, 0.2) is 0 Å². The third-order valence-corrected chi connectivity index (χ3v) is 2.49. The largest absolute Gasteiger partial charge is 0.343 e. The molecule has 0 bridgehead atoms. The summed E-state index contributed by atoms with van der Waals surface area (Å²) in [6.45, 7) is 0. The van der Waals surface area contributed by atoms with Crippen LogP contribution in [0.15, 0.2) is 24.3 Å². The molecule has 54 valence electrons. The summed E-state index contributed by atoms with van der Waals surface area (Å²) in [6.07, 6.45) is 0. The summed E-state index contributed by atoms with van der Waals surface area (Å²) in [5.74, 6) is 0. The predicted octanol–water partition coefficient (Wildman–Crippen LogP) is 1.43. The molecule has 0 aliphatic rings. The SMILES string of the molecule is O=[PH](O)c1ccccc1Cl. The Morgan fingerprint density at radius 2 is 2.00 bits per heavy atom. The summed E-state index contributed by atoms with van der Waals surface area (Å²) in [7, 11) is -2.62. The highest BCUT2D eigenvalue weighted by Crippen LogP contribution is 2.18. The molecule has 1 N–H and O–H groups in total. The molecule has 1 aromatic rings. The molecule has 0 amide bonds. The highest BCUT2D eigenvalue weighted by Gasteiger charge is 2.01. The van der Waals surface area contributed by atoms with E-state index < -0.39 is 8.03 Å². The third-order valence-electron chi connectivity index (χ3n) is 1.10. The molecule has 0 aromatic heterocycles. The fourth-order valence-corrected chi connectivity index (χ4v) is 1.54. The van der Waals surface area contributed by atoms with Crippen LogP contribution in [0.3, 0.4) is 0 Å². The summed E-state index contributed by atoms with van der Waals surface area (Å²) < 4.78 is 10.5. The van der Waals surface area contributed by atoms with Gasteiger partial charge in [-0.25, -0.2) is 0 Å². The van der Waals surface area contributed by atoms with Crippen LogP contribution in [0.2, 0.25) is 5.02 Å². The van der Waals surface area contributed by atoms with Crippen molar-refractivity contribution in [2.24, 2.45) is 0 Å². The molecule has 1 aromatic carbocycles. The van der Waals surface area contributed by atoms with Gasteiger partial charge in [0, 0.05) is 0 Å². The summed E-state index contributed by atoms with van der Waals surface area (Å²) in [6, 6.07) is 6.54. The molecule has 0 aliphatic heterocycles. The van der Waals surface area contributed by atoms with Gasteiger partial charge in [0.2, 0.25) is 8.03 Å². The van der Waals surface area contributed by atoms with E-state index in [9.17, 15) is 4.57 Å². The van der Waals surface area contributed by atoms with E-state index in [1.807, 2.05) is 0 Å². The van der Waals surface area contributed by atoms with E-state index in [1.54, 1.807) is 24.3 Å². The molecular weight excluding hydrogens is 170 g/mol. The lowest BCUT2D eigenvalue weighted by atomic mass is 10.4. The number of halogens is 1. The van der Waals surface area contributed by atoms with Gasteiger partial charge in [0.1, 0.15) is 0 Å². The first-order valence-corrected chi connectivity index (χ1v) is 4.43. The van der Waals surface area contributed by atoms with Crippen LogP contribution in [0, 0.1) is 0 Å². The normalized spacial score (nSPS) is 13.0. The maximum Gasteiger partial charge on any atom is 0.219 e. The lowest BCUT2D eigenvalue weighted by molar-refractivity contribution is 0.513. The standard InChI is InChI=1S/C6H6ClO2P/c7-5-3-1-2-4-6(5)10(8)9/h1-4,10H,(H,8,9). The van der Waals surface area contributed by atoms with Gasteiger partial charge in [-0.1, -0.05) is 23.7 Å². The van der Waals surface area contributed by atoms with Crippen LogP contribution in [0.1, 0.15) is 0 Å². The van der Waals surface area contributed by atoms with E-state index in [0.29, 0.717) is 10.3 Å². The van der Waals surface area contributed by atoms with Gasteiger partial charge in [0.05, 0.1) is 10.3 Å². The van der Waals surface area contributed by atoms with Crippen molar-refractivity contribution in [3.63, 3.8) is 0 Å². The van der Waals surface area contributed by atoms with E-state index in [4.69, 9.17) is 16.5 Å². The minimum absolute atomic E-state index is 0.328. The van der Waals surface area contributed by atoms with Gasteiger partial charge in [-0.05, 0) is 12.1 Å². The van der Waals surface area contributed by atoms with Crippen LogP contribution in [0.25, 0.3) is 0 Å². The van der Waals surface area contributed by atoms with Crippen LogP contribution in [-0.4, -0.2) is 4.89 Å². The lowest BCUT2D eigenvalue weighted by Gasteiger charge is -1.95. The average Bonchev–Trinajstić information content (AvgIpc) is 1.88. The van der Waals surface area contributed by atoms with Crippen LogP contribution < -0.4 is 5.30 Å². The highest BCUT2D eigenvalue weighted by molar-refractivity contribution is 7.47. The summed E-state index contributed by atoms with van der Waals surface area (Å²) in [5.41, 5.74) is 0. The van der Waals surface area contributed by atoms with Crippen molar-refractivity contribution < 1.29 is 9.46 Å². The molecule has 0 aliphatic carbocycles. The van der Waals surface area contributed by atoms with Crippen LogP contribution >= 0.6 is 19.6 Å². The first-order valence-electron chi connectivity index (χ1n) is 2.69. The lowest BCUT2D eigenvalue weighted by Crippen LogP contribution is -1.95. The van der Waals surface area contributed by atoms with Crippen molar-refractivity contribution in [3.8, 4) is 0 Å². The summed E-state index contributed by atoms with van der Waals surface area (Å²) in [4.78, 5) is 8.67. The minimum Gasteiger partial charge on any atom is -0.343 e. The molecule has 1 rings (SSSR count). The minimum atomic E-state index is -2.62. The van der Waals surface area contributed by atoms with Gasteiger partial charge >= 0.3 is 0 Å². The smallest absolute Gasteiger partial charge is 0.219 e. The molecule has 0 saturated heterocycles. The molecule has 0 fully saturated rings. The van der Waals surface area contributed by atoms with Crippen molar-refractivity contribution in [1.82, 2.24) is 0 Å². The second-order valence-electron chi connectivity index (χ2n) is 1.78. The number of rotatable bonds is 1. The molecule has 0 radical (unpaired) electrons. The number of benzene rings is 1. The maximum absolute atomic E-state index is 10.5. The Labute approximate surface area is 64.3 Å². The summed E-state index contributed by atoms with van der Waals surface area (Å²) in [5, 5.41) is 0.683. The van der Waals surface area contributed by atoms with Crippen molar-refractivity contribution in [2.75, 3.05) is 0 Å². The van der Waals surface area contributed by atoms with E-state index >= 15 is 0 Å². The van der Waals surface area contributed by atoms with Crippen LogP contribution in [0.5, 0.6) is 0 Å². The number of hydrogen-bond acceptors (Lipinski definition) is 1. The second-order valence-corrected chi connectivity index (χ2v) is 3.34.